The summed E-state index contributed by atoms with van der Waals surface area (Å²) < 4.78 is 5.14. The van der Waals surface area contributed by atoms with E-state index in [4.69, 9.17) is 4.74 Å². The highest BCUT2D eigenvalue weighted by Gasteiger charge is 2.11. The molecule has 1 heterocycles. The summed E-state index contributed by atoms with van der Waals surface area (Å²) in [7, 11) is 1.61. The molecule has 0 aliphatic heterocycles. The molecule has 0 unspecified atom stereocenters. The monoisotopic (exact) mass is 363 g/mol. The van der Waals surface area contributed by atoms with Crippen molar-refractivity contribution in [3.05, 3.63) is 74.6 Å². The van der Waals surface area contributed by atoms with Crippen molar-refractivity contribution in [1.29, 1.82) is 5.26 Å². The summed E-state index contributed by atoms with van der Waals surface area (Å²) in [6.07, 6.45) is 1.60. The zero-order valence-corrected chi connectivity index (χ0v) is 14.6. The van der Waals surface area contributed by atoms with Gasteiger partial charge in [0.15, 0.2) is 0 Å². The Morgan fingerprint density at radius 3 is 2.73 bits per heavy atom. The van der Waals surface area contributed by atoms with E-state index in [0.29, 0.717) is 16.1 Å². The van der Waals surface area contributed by atoms with Crippen molar-refractivity contribution in [3.8, 4) is 23.1 Å². The highest BCUT2D eigenvalue weighted by molar-refractivity contribution is 7.11. The molecule has 0 N–H and O–H groups in total. The molecule has 0 aliphatic rings. The van der Waals surface area contributed by atoms with Gasteiger partial charge in [-0.25, -0.2) is 4.98 Å². The van der Waals surface area contributed by atoms with Gasteiger partial charge in [0.2, 0.25) is 0 Å². The van der Waals surface area contributed by atoms with E-state index < -0.39 is 4.92 Å². The zero-order valence-electron chi connectivity index (χ0n) is 13.7. The van der Waals surface area contributed by atoms with E-state index in [1.165, 1.54) is 23.5 Å². The van der Waals surface area contributed by atoms with Crippen LogP contribution >= 0.6 is 11.3 Å². The summed E-state index contributed by atoms with van der Waals surface area (Å²) in [5, 5.41) is 22.8. The molecular weight excluding hydrogens is 350 g/mol. The molecule has 0 bridgehead atoms. The van der Waals surface area contributed by atoms with Crippen LogP contribution in [0, 0.1) is 21.4 Å². The van der Waals surface area contributed by atoms with E-state index in [1.807, 2.05) is 29.6 Å². The summed E-state index contributed by atoms with van der Waals surface area (Å²) in [6.45, 7) is 0. The first kappa shape index (κ1) is 17.3. The Hall–Kier alpha value is -3.50. The number of nitro benzene ring substituents is 1. The smallest absolute Gasteiger partial charge is 0.270 e. The Kier molecular flexibility index (Phi) is 5.06. The fourth-order valence-electron chi connectivity index (χ4n) is 2.33. The molecule has 0 amide bonds. The van der Waals surface area contributed by atoms with Gasteiger partial charge in [0.1, 0.15) is 16.8 Å². The van der Waals surface area contributed by atoms with Crippen LogP contribution in [0.2, 0.25) is 0 Å². The standard InChI is InChI=1S/C19H13N3O3S/c1-25-17-7-5-14(6-8-17)18-12-26-19(21-18)15(11-20)9-13-3-2-4-16(10-13)22(23)24/h2-10,12H,1H3. The summed E-state index contributed by atoms with van der Waals surface area (Å²) >= 11 is 1.35. The lowest BCUT2D eigenvalue weighted by atomic mass is 10.1. The van der Waals surface area contributed by atoms with E-state index in [0.717, 1.165) is 17.0 Å². The van der Waals surface area contributed by atoms with Crippen molar-refractivity contribution in [3.63, 3.8) is 0 Å². The fraction of sp³-hybridized carbons (Fsp3) is 0.0526. The predicted octanol–water partition coefficient (Wildman–Crippen LogP) is 4.79. The number of nitrogens with zero attached hydrogens (tertiary/aromatic N) is 3. The predicted molar refractivity (Wildman–Crippen MR) is 101 cm³/mol. The zero-order chi connectivity index (χ0) is 18.5. The first-order chi connectivity index (χ1) is 12.6. The minimum atomic E-state index is -0.464. The van der Waals surface area contributed by atoms with Gasteiger partial charge in [-0.3, -0.25) is 10.1 Å². The van der Waals surface area contributed by atoms with Crippen molar-refractivity contribution in [2.24, 2.45) is 0 Å². The van der Waals surface area contributed by atoms with Crippen LogP contribution in [0.4, 0.5) is 5.69 Å². The highest BCUT2D eigenvalue weighted by Crippen LogP contribution is 2.28. The van der Waals surface area contributed by atoms with Gasteiger partial charge in [-0.1, -0.05) is 12.1 Å². The third-order valence-electron chi connectivity index (χ3n) is 3.63. The summed E-state index contributed by atoms with van der Waals surface area (Å²) in [5.41, 5.74) is 2.59. The van der Waals surface area contributed by atoms with Gasteiger partial charge in [-0.2, -0.15) is 5.26 Å². The van der Waals surface area contributed by atoms with E-state index in [9.17, 15) is 15.4 Å². The number of non-ortho nitro benzene ring substituents is 1. The van der Waals surface area contributed by atoms with Crippen LogP contribution in [-0.4, -0.2) is 17.0 Å². The molecule has 0 atom stereocenters. The number of thiazole rings is 1. The highest BCUT2D eigenvalue weighted by atomic mass is 32.1. The Morgan fingerprint density at radius 1 is 1.31 bits per heavy atom. The maximum atomic E-state index is 10.9. The second kappa shape index (κ2) is 7.59. The number of ether oxygens (including phenoxy) is 1. The SMILES string of the molecule is COc1ccc(-c2csc(C(C#N)=Cc3cccc([N+](=O)[O-])c3)n2)cc1. The van der Waals surface area contributed by atoms with E-state index in [1.54, 1.807) is 25.3 Å². The van der Waals surface area contributed by atoms with Gasteiger partial charge >= 0.3 is 0 Å². The molecule has 6 nitrogen and oxygen atoms in total. The van der Waals surface area contributed by atoms with E-state index in [-0.39, 0.29) is 5.69 Å². The molecular formula is C19H13N3O3S. The number of benzene rings is 2. The minimum Gasteiger partial charge on any atom is -0.497 e. The number of nitriles is 1. The van der Waals surface area contributed by atoms with Crippen molar-refractivity contribution in [2.45, 2.75) is 0 Å². The fourth-order valence-corrected chi connectivity index (χ4v) is 3.12. The summed E-state index contributed by atoms with van der Waals surface area (Å²) in [4.78, 5) is 14.9. The van der Waals surface area contributed by atoms with Crippen molar-refractivity contribution >= 4 is 28.7 Å². The second-order valence-corrected chi connectivity index (χ2v) is 6.15. The van der Waals surface area contributed by atoms with Crippen molar-refractivity contribution < 1.29 is 9.66 Å². The molecule has 1 aromatic heterocycles. The van der Waals surface area contributed by atoms with Crippen LogP contribution in [0.25, 0.3) is 22.9 Å². The molecule has 3 rings (SSSR count). The van der Waals surface area contributed by atoms with Crippen LogP contribution in [-0.2, 0) is 0 Å². The van der Waals surface area contributed by atoms with Crippen molar-refractivity contribution in [2.75, 3.05) is 7.11 Å². The molecule has 0 saturated carbocycles. The topological polar surface area (TPSA) is 89.0 Å². The van der Waals surface area contributed by atoms with Gasteiger partial charge in [-0.05, 0) is 35.9 Å². The summed E-state index contributed by atoms with van der Waals surface area (Å²) in [5.74, 6) is 0.757. The average molecular weight is 363 g/mol. The van der Waals surface area contributed by atoms with Crippen molar-refractivity contribution in [1.82, 2.24) is 4.98 Å². The van der Waals surface area contributed by atoms with E-state index in [2.05, 4.69) is 11.1 Å². The van der Waals surface area contributed by atoms with Gasteiger partial charge in [0, 0.05) is 23.1 Å². The van der Waals surface area contributed by atoms with Crippen LogP contribution in [0.5, 0.6) is 5.75 Å². The summed E-state index contributed by atoms with van der Waals surface area (Å²) in [6, 6.07) is 15.7. The second-order valence-electron chi connectivity index (χ2n) is 5.29. The molecule has 0 spiro atoms. The lowest BCUT2D eigenvalue weighted by Crippen LogP contribution is -1.88. The largest absolute Gasteiger partial charge is 0.497 e. The molecule has 7 heteroatoms. The lowest BCUT2D eigenvalue weighted by molar-refractivity contribution is -0.384. The molecule has 0 fully saturated rings. The normalized spacial score (nSPS) is 11.0. The van der Waals surface area contributed by atoms with E-state index >= 15 is 0 Å². The van der Waals surface area contributed by atoms with Crippen LogP contribution in [0.3, 0.4) is 0 Å². The minimum absolute atomic E-state index is 0.0194. The molecule has 0 aliphatic carbocycles. The van der Waals surface area contributed by atoms with Gasteiger partial charge < -0.3 is 4.74 Å². The van der Waals surface area contributed by atoms with Gasteiger partial charge in [0.25, 0.3) is 5.69 Å². The van der Waals surface area contributed by atoms with Gasteiger partial charge in [-0.15, -0.1) is 11.3 Å². The Balaban J connectivity index is 1.92. The molecule has 2 aromatic carbocycles. The number of nitro groups is 1. The van der Waals surface area contributed by atoms with Crippen LogP contribution in [0.15, 0.2) is 53.9 Å². The van der Waals surface area contributed by atoms with Gasteiger partial charge in [0.05, 0.1) is 23.3 Å². The Bertz CT molecular complexity index is 1020. The Labute approximate surface area is 153 Å². The number of aromatic nitrogens is 1. The first-order valence-corrected chi connectivity index (χ1v) is 8.45. The van der Waals surface area contributed by atoms with Crippen LogP contribution < -0.4 is 4.74 Å². The Morgan fingerprint density at radius 2 is 2.08 bits per heavy atom. The maximum absolute atomic E-state index is 10.9. The third kappa shape index (κ3) is 3.77. The maximum Gasteiger partial charge on any atom is 0.270 e. The number of methoxy groups -OCH3 is 1. The molecule has 0 radical (unpaired) electrons. The molecule has 0 saturated heterocycles. The quantitative estimate of drug-likeness (QED) is 0.369. The number of allylic oxidation sites excluding steroid dienone is 1. The lowest BCUT2D eigenvalue weighted by Gasteiger charge is -2.00. The number of hydrogen-bond acceptors (Lipinski definition) is 6. The third-order valence-corrected chi connectivity index (χ3v) is 4.51. The molecule has 26 heavy (non-hydrogen) atoms. The van der Waals surface area contributed by atoms with Crippen LogP contribution in [0.1, 0.15) is 10.6 Å². The number of hydrogen-bond donors (Lipinski definition) is 0. The molecule has 128 valence electrons. The number of rotatable bonds is 5. The first-order valence-electron chi connectivity index (χ1n) is 7.57. The molecule has 3 aromatic rings. The average Bonchev–Trinajstić information content (AvgIpc) is 3.16.